The zero-order valence-corrected chi connectivity index (χ0v) is 17.4. The number of benzene rings is 1. The first kappa shape index (κ1) is 18.9. The second kappa shape index (κ2) is 6.55. The molecule has 28 heavy (non-hydrogen) atoms. The van der Waals surface area contributed by atoms with Gasteiger partial charge in [-0.25, -0.2) is 0 Å². The summed E-state index contributed by atoms with van der Waals surface area (Å²) < 4.78 is 4.12. The highest BCUT2D eigenvalue weighted by molar-refractivity contribution is 8.17. The van der Waals surface area contributed by atoms with Gasteiger partial charge in [-0.05, 0) is 43.4 Å². The van der Waals surface area contributed by atoms with Crippen LogP contribution in [0.4, 0.5) is 11.4 Å². The van der Waals surface area contributed by atoms with Gasteiger partial charge in [-0.3, -0.25) is 14.9 Å². The molecule has 1 unspecified atom stereocenters. The molecule has 0 radical (unpaired) electrons. The smallest absolute Gasteiger partial charge is 0.269 e. The standard InChI is InChI=1S/C20H24N4O3S/c1-20(2,3)19(25)17-18-15-7-5-6-8-16(15)22(4)28(18)23(21-17)13-9-11-14(12-10-13)24(26)27/h9-12H,5-8H2,1-4H3. The van der Waals surface area contributed by atoms with Crippen LogP contribution in [0.15, 0.2) is 40.6 Å². The van der Waals surface area contributed by atoms with Crippen molar-refractivity contribution in [3.05, 3.63) is 45.6 Å². The molecule has 0 fully saturated rings. The molecule has 2 heterocycles. The Labute approximate surface area is 167 Å². The molecule has 4 rings (SSSR count). The first-order valence-corrected chi connectivity index (χ1v) is 10.6. The lowest BCUT2D eigenvalue weighted by atomic mass is 9.84. The number of Topliss-reactive ketones (excluding diaryl/α,β-unsaturated/α-hetero) is 1. The normalized spacial score (nSPS) is 21.6. The van der Waals surface area contributed by atoms with Gasteiger partial charge in [-0.2, -0.15) is 9.52 Å². The van der Waals surface area contributed by atoms with Crippen molar-refractivity contribution >= 4 is 38.6 Å². The number of hydrogen-bond donors (Lipinski definition) is 0. The second-order valence-electron chi connectivity index (χ2n) is 8.30. The van der Waals surface area contributed by atoms with E-state index in [0.717, 1.165) is 36.2 Å². The minimum absolute atomic E-state index is 0.0390. The van der Waals surface area contributed by atoms with Gasteiger partial charge < -0.3 is 4.31 Å². The van der Waals surface area contributed by atoms with Crippen molar-refractivity contribution in [3.8, 4) is 0 Å². The molecule has 0 saturated carbocycles. The predicted octanol–water partition coefficient (Wildman–Crippen LogP) is 4.43. The Balaban J connectivity index is 1.83. The zero-order valence-electron chi connectivity index (χ0n) is 16.6. The highest BCUT2D eigenvalue weighted by Crippen LogP contribution is 2.49. The molecular formula is C20H24N4O3S. The number of allylic oxidation sites excluding steroid dienone is 2. The van der Waals surface area contributed by atoms with E-state index in [9.17, 15) is 14.9 Å². The molecule has 8 heteroatoms. The number of fused-ring (bicyclic) bond motifs is 1. The number of nitro benzene ring substituents is 1. The molecule has 1 aromatic rings. The third kappa shape index (κ3) is 2.87. The summed E-state index contributed by atoms with van der Waals surface area (Å²) in [6.45, 7) is 5.75. The molecule has 0 amide bonds. The van der Waals surface area contributed by atoms with Gasteiger partial charge in [-0.15, -0.1) is 0 Å². The monoisotopic (exact) mass is 400 g/mol. The van der Waals surface area contributed by atoms with E-state index in [1.165, 1.54) is 23.4 Å². The summed E-state index contributed by atoms with van der Waals surface area (Å²) in [6, 6.07) is 6.39. The molecule has 0 spiro atoms. The summed E-state index contributed by atoms with van der Waals surface area (Å²) in [5, 5.41) is 15.7. The molecule has 2 aliphatic heterocycles. The quantitative estimate of drug-likeness (QED) is 0.426. The Bertz CT molecular complexity index is 970. The van der Waals surface area contributed by atoms with Crippen LogP contribution in [-0.4, -0.2) is 32.6 Å². The van der Waals surface area contributed by atoms with Crippen molar-refractivity contribution in [1.29, 1.82) is 0 Å². The molecule has 0 bridgehead atoms. The van der Waals surface area contributed by atoms with Crippen LogP contribution in [0.2, 0.25) is 0 Å². The van der Waals surface area contributed by atoms with Gasteiger partial charge in [0.25, 0.3) is 5.69 Å². The Morgan fingerprint density at radius 1 is 1.18 bits per heavy atom. The molecular weight excluding hydrogens is 376 g/mol. The summed E-state index contributed by atoms with van der Waals surface area (Å²) >= 11 is 0. The SMILES string of the molecule is CN1C2=C(CCCC2)C2=S1N(c1ccc([N+](=O)[O-])cc1)N=C2C(=O)C(C)(C)C. The fourth-order valence-corrected chi connectivity index (χ4v) is 6.12. The first-order valence-electron chi connectivity index (χ1n) is 9.46. The molecule has 7 nitrogen and oxygen atoms in total. The van der Waals surface area contributed by atoms with Gasteiger partial charge in [0.1, 0.15) is 5.71 Å². The average molecular weight is 401 g/mol. The lowest BCUT2D eigenvalue weighted by molar-refractivity contribution is -0.384. The number of hydrazone groups is 1. The van der Waals surface area contributed by atoms with Crippen molar-refractivity contribution in [1.82, 2.24) is 4.31 Å². The third-order valence-corrected chi connectivity index (χ3v) is 7.45. The van der Waals surface area contributed by atoms with Crippen LogP contribution in [-0.2, 0) is 4.79 Å². The molecule has 1 aromatic carbocycles. The minimum atomic E-state index is -0.525. The second-order valence-corrected chi connectivity index (χ2v) is 10.1. The summed E-state index contributed by atoms with van der Waals surface area (Å²) in [5.74, 6) is 0.0390. The first-order chi connectivity index (χ1) is 13.2. The lowest BCUT2D eigenvalue weighted by Gasteiger charge is -2.29. The van der Waals surface area contributed by atoms with Crippen molar-refractivity contribution in [2.45, 2.75) is 46.5 Å². The third-order valence-electron chi connectivity index (χ3n) is 5.28. The van der Waals surface area contributed by atoms with Crippen LogP contribution in [0.5, 0.6) is 0 Å². The summed E-state index contributed by atoms with van der Waals surface area (Å²) in [4.78, 5) is 24.8. The van der Waals surface area contributed by atoms with Crippen molar-refractivity contribution < 1.29 is 9.72 Å². The summed E-state index contributed by atoms with van der Waals surface area (Å²) in [7, 11) is 1.56. The lowest BCUT2D eigenvalue weighted by Crippen LogP contribution is -2.33. The van der Waals surface area contributed by atoms with Crippen molar-refractivity contribution in [3.63, 3.8) is 0 Å². The van der Waals surface area contributed by atoms with Crippen LogP contribution in [0.3, 0.4) is 0 Å². The van der Waals surface area contributed by atoms with Gasteiger partial charge in [0.2, 0.25) is 0 Å². The fraction of sp³-hybridized carbons (Fsp3) is 0.450. The number of non-ortho nitro benzene ring substituents is 1. The van der Waals surface area contributed by atoms with Crippen LogP contribution in [0.25, 0.3) is 0 Å². The number of hydrogen-bond acceptors (Lipinski definition) is 6. The van der Waals surface area contributed by atoms with Crippen LogP contribution in [0, 0.1) is 15.5 Å². The Morgan fingerprint density at radius 2 is 1.82 bits per heavy atom. The predicted molar refractivity (Wildman–Crippen MR) is 113 cm³/mol. The van der Waals surface area contributed by atoms with E-state index < -0.39 is 21.2 Å². The maximum atomic E-state index is 13.2. The van der Waals surface area contributed by atoms with E-state index in [-0.39, 0.29) is 11.5 Å². The molecule has 3 aliphatic rings. The van der Waals surface area contributed by atoms with Crippen LogP contribution >= 0.6 is 10.9 Å². The van der Waals surface area contributed by atoms with Crippen molar-refractivity contribution in [2.75, 3.05) is 11.5 Å². The largest absolute Gasteiger partial charge is 0.310 e. The summed E-state index contributed by atoms with van der Waals surface area (Å²) in [5.41, 5.74) is 3.41. The number of rotatable bonds is 3. The van der Waals surface area contributed by atoms with Gasteiger partial charge >= 0.3 is 0 Å². The highest BCUT2D eigenvalue weighted by atomic mass is 32.2. The van der Waals surface area contributed by atoms with Crippen molar-refractivity contribution in [2.24, 2.45) is 10.5 Å². The number of nitrogens with zero attached hydrogens (tertiary/aromatic N) is 4. The van der Waals surface area contributed by atoms with E-state index >= 15 is 0 Å². The number of carbonyl (C=O) groups is 1. The highest BCUT2D eigenvalue weighted by Gasteiger charge is 2.44. The van der Waals surface area contributed by atoms with E-state index in [1.54, 1.807) is 12.1 Å². The van der Waals surface area contributed by atoms with E-state index in [4.69, 9.17) is 5.10 Å². The van der Waals surface area contributed by atoms with Gasteiger partial charge in [0.05, 0.1) is 15.5 Å². The van der Waals surface area contributed by atoms with Gasteiger partial charge in [0.15, 0.2) is 5.78 Å². The Morgan fingerprint density at radius 3 is 2.43 bits per heavy atom. The molecule has 0 aromatic heterocycles. The number of carbonyl (C=O) groups excluding carboxylic acids is 1. The maximum absolute atomic E-state index is 13.2. The van der Waals surface area contributed by atoms with Gasteiger partial charge in [-0.1, -0.05) is 20.8 Å². The van der Waals surface area contributed by atoms with Crippen LogP contribution < -0.4 is 4.41 Å². The summed E-state index contributed by atoms with van der Waals surface area (Å²) in [6.07, 6.45) is 4.28. The molecule has 1 atom stereocenters. The zero-order chi connectivity index (χ0) is 20.2. The number of anilines is 1. The fourth-order valence-electron chi connectivity index (χ4n) is 3.80. The van der Waals surface area contributed by atoms with Gasteiger partial charge in [0, 0.05) is 41.1 Å². The minimum Gasteiger partial charge on any atom is -0.310 e. The Hall–Kier alpha value is -2.48. The van der Waals surface area contributed by atoms with E-state index in [1.807, 2.05) is 25.2 Å². The number of nitro groups is 1. The molecule has 0 N–H and O–H groups in total. The van der Waals surface area contributed by atoms with E-state index in [0.29, 0.717) is 5.71 Å². The maximum Gasteiger partial charge on any atom is 0.269 e. The van der Waals surface area contributed by atoms with Crippen LogP contribution in [0.1, 0.15) is 46.5 Å². The molecule has 1 aliphatic carbocycles. The topological polar surface area (TPSA) is 79.1 Å². The molecule has 148 valence electrons. The average Bonchev–Trinajstić information content (AvgIpc) is 3.18. The Kier molecular flexibility index (Phi) is 4.41. The number of ketones is 1. The molecule has 0 saturated heterocycles. The van der Waals surface area contributed by atoms with E-state index in [2.05, 4.69) is 11.4 Å².